The molecule has 1 saturated heterocycles. The molecule has 3 rings (SSSR count). The SMILES string of the molecule is CNc1ccc(N)c(C(=N)c2ccc(N3CCNCC3)c(C)c2)c1. The molecule has 1 fully saturated rings. The predicted octanol–water partition coefficient (Wildman–Crippen LogP) is 2.44. The third kappa shape index (κ3) is 3.21. The number of aryl methyl sites for hydroxylation is 1. The fraction of sp³-hybridized carbons (Fsp3) is 0.316. The lowest BCUT2D eigenvalue weighted by molar-refractivity contribution is 0.588. The van der Waals surface area contributed by atoms with Crippen molar-refractivity contribution in [1.82, 2.24) is 5.32 Å². The van der Waals surface area contributed by atoms with Crippen molar-refractivity contribution in [3.05, 3.63) is 53.1 Å². The van der Waals surface area contributed by atoms with Gasteiger partial charge in [0.05, 0.1) is 5.71 Å². The topological polar surface area (TPSA) is 77.2 Å². The maximum Gasteiger partial charge on any atom is 0.0706 e. The van der Waals surface area contributed by atoms with E-state index >= 15 is 0 Å². The number of piperazine rings is 1. The summed E-state index contributed by atoms with van der Waals surface area (Å²) < 4.78 is 0. The van der Waals surface area contributed by atoms with Gasteiger partial charge in [0.2, 0.25) is 0 Å². The lowest BCUT2D eigenvalue weighted by Gasteiger charge is -2.31. The Labute approximate surface area is 143 Å². The average molecular weight is 323 g/mol. The molecule has 2 aromatic rings. The number of nitrogen functional groups attached to an aromatic ring is 1. The van der Waals surface area contributed by atoms with Gasteiger partial charge in [0, 0.05) is 61.4 Å². The molecular formula is C19H25N5. The summed E-state index contributed by atoms with van der Waals surface area (Å²) in [6, 6.07) is 11.9. The van der Waals surface area contributed by atoms with Crippen molar-refractivity contribution in [3.8, 4) is 0 Å². The van der Waals surface area contributed by atoms with Crippen molar-refractivity contribution in [1.29, 1.82) is 5.41 Å². The molecule has 0 aliphatic carbocycles. The van der Waals surface area contributed by atoms with Crippen LogP contribution in [0.3, 0.4) is 0 Å². The zero-order valence-corrected chi connectivity index (χ0v) is 14.3. The second-order valence-corrected chi connectivity index (χ2v) is 6.17. The van der Waals surface area contributed by atoms with Crippen molar-refractivity contribution in [2.45, 2.75) is 6.92 Å². The number of anilines is 3. The molecule has 0 saturated carbocycles. The van der Waals surface area contributed by atoms with Crippen LogP contribution in [0.1, 0.15) is 16.7 Å². The highest BCUT2D eigenvalue weighted by atomic mass is 15.2. The third-order valence-corrected chi connectivity index (χ3v) is 4.55. The quantitative estimate of drug-likeness (QED) is 0.515. The van der Waals surface area contributed by atoms with E-state index in [1.54, 1.807) is 0 Å². The Morgan fingerprint density at radius 1 is 1.17 bits per heavy atom. The second kappa shape index (κ2) is 6.93. The molecule has 5 heteroatoms. The Bertz CT molecular complexity index is 747. The van der Waals surface area contributed by atoms with Crippen LogP contribution in [0.4, 0.5) is 17.1 Å². The molecule has 1 aliphatic rings. The van der Waals surface area contributed by atoms with Crippen molar-refractivity contribution in [2.75, 3.05) is 49.2 Å². The lowest BCUT2D eigenvalue weighted by atomic mass is 9.98. The maximum absolute atomic E-state index is 8.56. The van der Waals surface area contributed by atoms with Crippen molar-refractivity contribution in [3.63, 3.8) is 0 Å². The van der Waals surface area contributed by atoms with Crippen molar-refractivity contribution < 1.29 is 0 Å². The number of nitrogens with one attached hydrogen (secondary N) is 3. The van der Waals surface area contributed by atoms with Gasteiger partial charge in [-0.25, -0.2) is 0 Å². The van der Waals surface area contributed by atoms with Gasteiger partial charge in [0.15, 0.2) is 0 Å². The van der Waals surface area contributed by atoms with Gasteiger partial charge in [-0.05, 0) is 42.8 Å². The number of rotatable bonds is 4. The largest absolute Gasteiger partial charge is 0.398 e. The molecule has 1 heterocycles. The summed E-state index contributed by atoms with van der Waals surface area (Å²) in [6.45, 7) is 6.19. The van der Waals surface area contributed by atoms with Gasteiger partial charge in [0.1, 0.15) is 0 Å². The van der Waals surface area contributed by atoms with Gasteiger partial charge in [0.25, 0.3) is 0 Å². The van der Waals surface area contributed by atoms with Gasteiger partial charge in [-0.1, -0.05) is 6.07 Å². The molecule has 0 spiro atoms. The molecule has 1 aliphatic heterocycles. The Kier molecular flexibility index (Phi) is 4.71. The van der Waals surface area contributed by atoms with Crippen LogP contribution in [0.5, 0.6) is 0 Å². The summed E-state index contributed by atoms with van der Waals surface area (Å²) in [6.07, 6.45) is 0. The number of benzene rings is 2. The normalized spacial score (nSPS) is 14.5. The van der Waals surface area contributed by atoms with E-state index in [2.05, 4.69) is 34.6 Å². The van der Waals surface area contributed by atoms with Crippen LogP contribution in [0.2, 0.25) is 0 Å². The molecule has 0 unspecified atom stereocenters. The molecule has 0 bridgehead atoms. The van der Waals surface area contributed by atoms with Crippen LogP contribution >= 0.6 is 0 Å². The first-order valence-electron chi connectivity index (χ1n) is 8.33. The van der Waals surface area contributed by atoms with E-state index in [1.807, 2.05) is 31.3 Å². The minimum Gasteiger partial charge on any atom is -0.398 e. The van der Waals surface area contributed by atoms with Crippen molar-refractivity contribution >= 4 is 22.8 Å². The van der Waals surface area contributed by atoms with Crippen LogP contribution in [0.25, 0.3) is 0 Å². The lowest BCUT2D eigenvalue weighted by Crippen LogP contribution is -2.43. The van der Waals surface area contributed by atoms with Crippen LogP contribution in [-0.2, 0) is 0 Å². The van der Waals surface area contributed by atoms with Crippen LogP contribution in [0.15, 0.2) is 36.4 Å². The first-order valence-corrected chi connectivity index (χ1v) is 8.33. The summed E-state index contributed by atoms with van der Waals surface area (Å²) >= 11 is 0. The summed E-state index contributed by atoms with van der Waals surface area (Å²) in [5.41, 5.74) is 12.2. The fourth-order valence-corrected chi connectivity index (χ4v) is 3.16. The summed E-state index contributed by atoms with van der Waals surface area (Å²) in [4.78, 5) is 2.40. The molecular weight excluding hydrogens is 298 g/mol. The van der Waals surface area contributed by atoms with Crippen LogP contribution in [-0.4, -0.2) is 38.9 Å². The third-order valence-electron chi connectivity index (χ3n) is 4.55. The molecule has 0 aromatic heterocycles. The van der Waals surface area contributed by atoms with E-state index in [1.165, 1.54) is 11.3 Å². The van der Waals surface area contributed by atoms with E-state index < -0.39 is 0 Å². The molecule has 0 atom stereocenters. The summed E-state index contributed by atoms with van der Waals surface area (Å²) in [7, 11) is 1.87. The van der Waals surface area contributed by atoms with E-state index in [0.29, 0.717) is 11.4 Å². The predicted molar refractivity (Wildman–Crippen MR) is 103 cm³/mol. The smallest absolute Gasteiger partial charge is 0.0706 e. The first kappa shape index (κ1) is 16.3. The summed E-state index contributed by atoms with van der Waals surface area (Å²) in [5, 5.41) is 15.0. The number of nitrogens with two attached hydrogens (primary N) is 1. The Hall–Kier alpha value is -2.53. The Balaban J connectivity index is 1.89. The Morgan fingerprint density at radius 2 is 1.92 bits per heavy atom. The van der Waals surface area contributed by atoms with Crippen molar-refractivity contribution in [2.24, 2.45) is 0 Å². The van der Waals surface area contributed by atoms with Gasteiger partial charge < -0.3 is 21.3 Å². The van der Waals surface area contributed by atoms with E-state index in [9.17, 15) is 0 Å². The minimum absolute atomic E-state index is 0.458. The van der Waals surface area contributed by atoms with Crippen LogP contribution < -0.4 is 21.3 Å². The second-order valence-electron chi connectivity index (χ2n) is 6.17. The highest BCUT2D eigenvalue weighted by molar-refractivity contribution is 6.14. The van der Waals surface area contributed by atoms with E-state index in [4.69, 9.17) is 11.1 Å². The number of nitrogens with zero attached hydrogens (tertiary/aromatic N) is 1. The molecule has 5 nitrogen and oxygen atoms in total. The molecule has 0 amide bonds. The maximum atomic E-state index is 8.56. The van der Waals surface area contributed by atoms with Gasteiger partial charge >= 0.3 is 0 Å². The molecule has 126 valence electrons. The number of hydrogen-bond donors (Lipinski definition) is 4. The zero-order valence-electron chi connectivity index (χ0n) is 14.3. The Morgan fingerprint density at radius 3 is 2.58 bits per heavy atom. The van der Waals surface area contributed by atoms with Gasteiger partial charge in [-0.2, -0.15) is 0 Å². The molecule has 5 N–H and O–H groups in total. The minimum atomic E-state index is 0.458. The van der Waals surface area contributed by atoms with Crippen LogP contribution in [0, 0.1) is 12.3 Å². The molecule has 2 aromatic carbocycles. The zero-order chi connectivity index (χ0) is 17.1. The standard InChI is InChI=1S/C19H25N5/c1-13-11-14(3-6-18(13)24-9-7-23-8-10-24)19(21)16-12-15(22-2)4-5-17(16)20/h3-6,11-12,21-23H,7-10,20H2,1-2H3. The highest BCUT2D eigenvalue weighted by Gasteiger charge is 2.15. The van der Waals surface area contributed by atoms with E-state index in [-0.39, 0.29) is 0 Å². The fourth-order valence-electron chi connectivity index (χ4n) is 3.16. The van der Waals surface area contributed by atoms with E-state index in [0.717, 1.165) is 43.0 Å². The molecule has 0 radical (unpaired) electrons. The number of hydrogen-bond acceptors (Lipinski definition) is 5. The summed E-state index contributed by atoms with van der Waals surface area (Å²) in [5.74, 6) is 0. The highest BCUT2D eigenvalue weighted by Crippen LogP contribution is 2.25. The molecule has 24 heavy (non-hydrogen) atoms. The van der Waals surface area contributed by atoms with Gasteiger partial charge in [-0.3, -0.25) is 5.41 Å². The average Bonchev–Trinajstić information content (AvgIpc) is 2.62. The first-order chi connectivity index (χ1) is 11.6. The van der Waals surface area contributed by atoms with Gasteiger partial charge in [-0.15, -0.1) is 0 Å². The monoisotopic (exact) mass is 323 g/mol.